The van der Waals surface area contributed by atoms with Gasteiger partial charge in [-0.15, -0.1) is 0 Å². The summed E-state index contributed by atoms with van der Waals surface area (Å²) in [5, 5.41) is 2.79. The van der Waals surface area contributed by atoms with Crippen LogP contribution in [0.2, 0.25) is 0 Å². The van der Waals surface area contributed by atoms with Gasteiger partial charge in [0.1, 0.15) is 5.75 Å². The smallest absolute Gasteiger partial charge is 0.338 e. The first-order chi connectivity index (χ1) is 12.2. The van der Waals surface area contributed by atoms with Crippen molar-refractivity contribution < 1.29 is 26.9 Å². The highest BCUT2D eigenvalue weighted by Crippen LogP contribution is 2.21. The van der Waals surface area contributed by atoms with Gasteiger partial charge in [-0.3, -0.25) is 4.79 Å². The van der Waals surface area contributed by atoms with Gasteiger partial charge in [0.25, 0.3) is 5.91 Å². The molecule has 0 bridgehead atoms. The van der Waals surface area contributed by atoms with Crippen LogP contribution in [0.3, 0.4) is 0 Å². The van der Waals surface area contributed by atoms with Crippen molar-refractivity contribution in [2.75, 3.05) is 13.4 Å². The monoisotopic (exact) mass is 377 g/mol. The van der Waals surface area contributed by atoms with Gasteiger partial charge in [-0.1, -0.05) is 30.3 Å². The van der Waals surface area contributed by atoms with Crippen molar-refractivity contribution in [1.29, 1.82) is 0 Å². The fourth-order valence-electron chi connectivity index (χ4n) is 2.29. The molecule has 0 aromatic heterocycles. The molecule has 0 radical (unpaired) electrons. The number of hydrogen-bond acceptors (Lipinski definition) is 6. The van der Waals surface area contributed by atoms with Gasteiger partial charge in [0.05, 0.1) is 25.0 Å². The first-order valence-electron chi connectivity index (χ1n) is 7.68. The van der Waals surface area contributed by atoms with E-state index in [2.05, 4.69) is 10.1 Å². The lowest BCUT2D eigenvalue weighted by Crippen LogP contribution is -2.27. The molecule has 1 amide bonds. The van der Waals surface area contributed by atoms with Gasteiger partial charge in [-0.2, -0.15) is 8.42 Å². The van der Waals surface area contributed by atoms with E-state index in [4.69, 9.17) is 4.18 Å². The summed E-state index contributed by atoms with van der Waals surface area (Å²) in [4.78, 5) is 24.3. The Morgan fingerprint density at radius 2 is 1.65 bits per heavy atom. The molecule has 0 heterocycles. The Bertz CT molecular complexity index is 909. The second-order valence-electron chi connectivity index (χ2n) is 5.63. The highest BCUT2D eigenvalue weighted by Gasteiger charge is 2.18. The Morgan fingerprint density at radius 3 is 2.23 bits per heavy atom. The number of hydrogen-bond donors (Lipinski definition) is 1. The van der Waals surface area contributed by atoms with Crippen LogP contribution in [-0.2, 0) is 14.9 Å². The van der Waals surface area contributed by atoms with Crippen molar-refractivity contribution in [2.45, 2.75) is 13.0 Å². The van der Waals surface area contributed by atoms with Gasteiger partial charge in [0.2, 0.25) is 0 Å². The van der Waals surface area contributed by atoms with E-state index in [9.17, 15) is 18.0 Å². The normalized spacial score (nSPS) is 12.1. The first-order valence-corrected chi connectivity index (χ1v) is 9.50. The van der Waals surface area contributed by atoms with Gasteiger partial charge < -0.3 is 14.2 Å². The fourth-order valence-corrected chi connectivity index (χ4v) is 2.74. The molecule has 26 heavy (non-hydrogen) atoms. The van der Waals surface area contributed by atoms with Crippen LogP contribution in [0.5, 0.6) is 5.75 Å². The second-order valence-corrected chi connectivity index (χ2v) is 7.21. The topological polar surface area (TPSA) is 98.8 Å². The molecular weight excluding hydrogens is 358 g/mol. The molecule has 0 aliphatic heterocycles. The van der Waals surface area contributed by atoms with Crippen LogP contribution < -0.4 is 9.50 Å². The van der Waals surface area contributed by atoms with Gasteiger partial charge >= 0.3 is 16.1 Å². The largest absolute Gasteiger partial charge is 0.465 e. The highest BCUT2D eigenvalue weighted by atomic mass is 32.2. The number of rotatable bonds is 6. The Morgan fingerprint density at radius 1 is 1.04 bits per heavy atom. The average molecular weight is 377 g/mol. The Hall–Kier alpha value is -2.87. The van der Waals surface area contributed by atoms with Crippen LogP contribution in [0.4, 0.5) is 0 Å². The van der Waals surface area contributed by atoms with Crippen LogP contribution in [0.15, 0.2) is 48.5 Å². The van der Waals surface area contributed by atoms with Crippen molar-refractivity contribution in [1.82, 2.24) is 5.32 Å². The minimum absolute atomic E-state index is 0.00571. The summed E-state index contributed by atoms with van der Waals surface area (Å²) < 4.78 is 32.1. The van der Waals surface area contributed by atoms with Crippen molar-refractivity contribution in [3.05, 3.63) is 65.2 Å². The van der Waals surface area contributed by atoms with E-state index >= 15 is 0 Å². The maximum atomic E-state index is 12.5. The highest BCUT2D eigenvalue weighted by molar-refractivity contribution is 7.86. The molecule has 0 saturated heterocycles. The molecule has 0 saturated carbocycles. The fraction of sp³-hybridized carbons (Fsp3) is 0.222. The molecule has 1 atom stereocenters. The van der Waals surface area contributed by atoms with Gasteiger partial charge in [-0.25, -0.2) is 4.79 Å². The summed E-state index contributed by atoms with van der Waals surface area (Å²) in [5.41, 5.74) is 0.984. The van der Waals surface area contributed by atoms with E-state index in [0.717, 1.165) is 11.8 Å². The second kappa shape index (κ2) is 8.01. The van der Waals surface area contributed by atoms with E-state index in [-0.39, 0.29) is 22.9 Å². The molecule has 2 aromatic carbocycles. The lowest BCUT2D eigenvalue weighted by Gasteiger charge is -2.15. The van der Waals surface area contributed by atoms with Crippen molar-refractivity contribution >= 4 is 22.0 Å². The van der Waals surface area contributed by atoms with E-state index < -0.39 is 22.0 Å². The van der Waals surface area contributed by atoms with E-state index in [0.29, 0.717) is 0 Å². The van der Waals surface area contributed by atoms with Crippen molar-refractivity contribution in [2.24, 2.45) is 0 Å². The summed E-state index contributed by atoms with van der Waals surface area (Å²) in [6.45, 7) is 1.81. The summed E-state index contributed by atoms with van der Waals surface area (Å²) >= 11 is 0. The summed E-state index contributed by atoms with van der Waals surface area (Å²) in [7, 11) is -2.63. The predicted molar refractivity (Wildman–Crippen MR) is 95.6 cm³/mol. The van der Waals surface area contributed by atoms with Crippen LogP contribution in [0.25, 0.3) is 0 Å². The molecule has 0 aliphatic rings. The Kier molecular flexibility index (Phi) is 5.99. The van der Waals surface area contributed by atoms with Gasteiger partial charge in [0.15, 0.2) is 0 Å². The molecule has 1 unspecified atom stereocenters. The third-order valence-corrected chi connectivity index (χ3v) is 3.98. The number of esters is 1. The van der Waals surface area contributed by atoms with E-state index in [1.165, 1.54) is 25.3 Å². The number of amides is 1. The van der Waals surface area contributed by atoms with Crippen LogP contribution in [-0.4, -0.2) is 33.7 Å². The molecule has 8 heteroatoms. The quantitative estimate of drug-likeness (QED) is 0.613. The molecular formula is C18H19NO6S. The number of carbonyl (C=O) groups excluding carboxylic acids is 2. The third-order valence-electron chi connectivity index (χ3n) is 3.48. The summed E-state index contributed by atoms with van der Waals surface area (Å²) in [6.07, 6.45) is 0.870. The number of ether oxygens (including phenoxy) is 1. The molecule has 2 rings (SSSR count). The first kappa shape index (κ1) is 19.5. The predicted octanol–water partition coefficient (Wildman–Crippen LogP) is 2.30. The Labute approximate surface area is 152 Å². The number of carbonyl (C=O) groups is 2. The average Bonchev–Trinajstić information content (AvgIpc) is 2.59. The SMILES string of the molecule is COC(=O)c1cc(OS(C)(=O)=O)cc(C(=O)NC(C)c2ccccc2)c1. The molecule has 1 N–H and O–H groups in total. The summed E-state index contributed by atoms with van der Waals surface area (Å²) in [6, 6.07) is 12.8. The number of methoxy groups -OCH3 is 1. The van der Waals surface area contributed by atoms with Crippen molar-refractivity contribution in [3.8, 4) is 5.75 Å². The molecule has 2 aromatic rings. The Balaban J connectivity index is 2.32. The van der Waals surface area contributed by atoms with Gasteiger partial charge in [0, 0.05) is 5.56 Å². The zero-order valence-corrected chi connectivity index (χ0v) is 15.4. The van der Waals surface area contributed by atoms with E-state index in [1.54, 1.807) is 0 Å². The number of nitrogens with one attached hydrogen (secondary N) is 1. The molecule has 0 fully saturated rings. The van der Waals surface area contributed by atoms with Crippen LogP contribution in [0, 0.1) is 0 Å². The number of benzene rings is 2. The van der Waals surface area contributed by atoms with Crippen LogP contribution in [0.1, 0.15) is 39.2 Å². The van der Waals surface area contributed by atoms with E-state index in [1.807, 2.05) is 37.3 Å². The minimum Gasteiger partial charge on any atom is -0.465 e. The molecule has 0 spiro atoms. The lowest BCUT2D eigenvalue weighted by atomic mass is 10.1. The molecule has 7 nitrogen and oxygen atoms in total. The third kappa shape index (κ3) is 5.32. The zero-order valence-electron chi connectivity index (χ0n) is 14.6. The maximum absolute atomic E-state index is 12.5. The summed E-state index contributed by atoms with van der Waals surface area (Å²) in [5.74, 6) is -1.34. The van der Waals surface area contributed by atoms with Crippen LogP contribution >= 0.6 is 0 Å². The van der Waals surface area contributed by atoms with Gasteiger partial charge in [-0.05, 0) is 30.7 Å². The lowest BCUT2D eigenvalue weighted by molar-refractivity contribution is 0.0600. The van der Waals surface area contributed by atoms with Crippen molar-refractivity contribution in [3.63, 3.8) is 0 Å². The molecule has 138 valence electrons. The minimum atomic E-state index is -3.82. The maximum Gasteiger partial charge on any atom is 0.338 e. The zero-order chi connectivity index (χ0) is 19.3. The molecule has 0 aliphatic carbocycles. The standard InChI is InChI=1S/C18H19NO6S/c1-12(13-7-5-4-6-8-13)19-17(20)14-9-15(18(21)24-2)11-16(10-14)25-26(3,22)23/h4-12H,1-3H3,(H,19,20).